The van der Waals surface area contributed by atoms with Gasteiger partial charge in [-0.3, -0.25) is 4.79 Å². The average molecular weight is 410 g/mol. The maximum Gasteiger partial charge on any atom is 0.279 e. The Labute approximate surface area is 165 Å². The van der Waals surface area contributed by atoms with E-state index in [0.29, 0.717) is 24.0 Å². The van der Waals surface area contributed by atoms with Crippen LogP contribution >= 0.6 is 22.9 Å². The number of rotatable bonds is 8. The van der Waals surface area contributed by atoms with Crippen molar-refractivity contribution in [2.75, 3.05) is 18.4 Å². The van der Waals surface area contributed by atoms with Crippen LogP contribution in [0.5, 0.6) is 0 Å². The molecule has 1 atom stereocenters. The van der Waals surface area contributed by atoms with E-state index in [1.165, 1.54) is 29.5 Å². The number of carbonyl (C=O) groups is 1. The zero-order chi connectivity index (χ0) is 19.2. The number of benzene rings is 1. The number of quaternary nitrogens is 1. The molecular formula is C18H19ClFN4O2S+. The first kappa shape index (κ1) is 19.5. The Hall–Kier alpha value is -2.29. The van der Waals surface area contributed by atoms with Gasteiger partial charge in [0.25, 0.3) is 17.7 Å². The molecule has 0 spiro atoms. The average Bonchev–Trinajstić information content (AvgIpc) is 3.29. The Morgan fingerprint density at radius 3 is 2.93 bits per heavy atom. The number of nitrogens with zero attached hydrogens (tertiary/aromatic N) is 2. The second-order valence-corrected chi connectivity index (χ2v) is 7.36. The maximum absolute atomic E-state index is 13.2. The molecule has 0 aliphatic heterocycles. The van der Waals surface area contributed by atoms with Crippen LogP contribution in [0.25, 0.3) is 10.8 Å². The second kappa shape index (κ2) is 9.07. The lowest BCUT2D eigenvalue weighted by molar-refractivity contribution is -0.907. The molecule has 0 saturated heterocycles. The maximum atomic E-state index is 13.2. The molecule has 1 unspecified atom stereocenters. The van der Waals surface area contributed by atoms with Gasteiger partial charge >= 0.3 is 0 Å². The number of halogens is 2. The van der Waals surface area contributed by atoms with Crippen molar-refractivity contribution in [3.05, 3.63) is 52.4 Å². The number of thiophene rings is 1. The first-order chi connectivity index (χ1) is 13.0. The fourth-order valence-corrected chi connectivity index (χ4v) is 3.46. The van der Waals surface area contributed by atoms with Gasteiger partial charge in [-0.05, 0) is 36.1 Å². The topological polar surface area (TPSA) is 72.5 Å². The number of amides is 1. The molecule has 9 heteroatoms. The van der Waals surface area contributed by atoms with Crippen LogP contribution in [-0.4, -0.2) is 29.2 Å². The van der Waals surface area contributed by atoms with Crippen LogP contribution in [-0.2, 0) is 11.3 Å². The third-order valence-electron chi connectivity index (χ3n) is 3.82. The van der Waals surface area contributed by atoms with E-state index in [2.05, 4.69) is 15.5 Å². The van der Waals surface area contributed by atoms with Crippen LogP contribution in [0.1, 0.15) is 19.2 Å². The van der Waals surface area contributed by atoms with Gasteiger partial charge in [-0.1, -0.05) is 24.6 Å². The van der Waals surface area contributed by atoms with Gasteiger partial charge < -0.3 is 14.6 Å². The van der Waals surface area contributed by atoms with E-state index >= 15 is 0 Å². The Morgan fingerprint density at radius 2 is 2.22 bits per heavy atom. The highest BCUT2D eigenvalue weighted by Gasteiger charge is 2.19. The monoisotopic (exact) mass is 409 g/mol. The Kier molecular flexibility index (Phi) is 6.54. The summed E-state index contributed by atoms with van der Waals surface area (Å²) in [7, 11) is 0. The largest absolute Gasteiger partial charge is 0.414 e. The zero-order valence-corrected chi connectivity index (χ0v) is 16.2. The first-order valence-electron chi connectivity index (χ1n) is 8.50. The molecule has 3 aromatic rings. The third-order valence-corrected chi connectivity index (χ3v) is 4.97. The van der Waals surface area contributed by atoms with E-state index in [1.54, 1.807) is 0 Å². The lowest BCUT2D eigenvalue weighted by Crippen LogP contribution is -3.11. The van der Waals surface area contributed by atoms with Gasteiger partial charge in [0.05, 0.1) is 16.4 Å². The van der Waals surface area contributed by atoms with E-state index in [1.807, 2.05) is 24.4 Å². The molecule has 0 saturated carbocycles. The summed E-state index contributed by atoms with van der Waals surface area (Å²) >= 11 is 7.27. The Morgan fingerprint density at radius 1 is 1.37 bits per heavy atom. The number of aromatic nitrogens is 2. The van der Waals surface area contributed by atoms with E-state index in [0.717, 1.165) is 22.7 Å². The minimum atomic E-state index is -0.522. The van der Waals surface area contributed by atoms with E-state index in [-0.39, 0.29) is 17.5 Å². The van der Waals surface area contributed by atoms with E-state index in [9.17, 15) is 9.18 Å². The molecule has 2 N–H and O–H groups in total. The number of carbonyl (C=O) groups excluding carboxylic acids is 1. The molecule has 1 amide bonds. The molecule has 0 aliphatic carbocycles. The molecular weight excluding hydrogens is 391 g/mol. The lowest BCUT2D eigenvalue weighted by Gasteiger charge is -2.16. The van der Waals surface area contributed by atoms with Crippen molar-refractivity contribution in [1.29, 1.82) is 0 Å². The van der Waals surface area contributed by atoms with Gasteiger partial charge in [-0.15, -0.1) is 21.5 Å². The molecule has 0 radical (unpaired) electrons. The predicted molar refractivity (Wildman–Crippen MR) is 102 cm³/mol. The molecule has 6 nitrogen and oxygen atoms in total. The molecule has 142 valence electrons. The minimum absolute atomic E-state index is 0.0301. The highest BCUT2D eigenvalue weighted by Crippen LogP contribution is 2.22. The lowest BCUT2D eigenvalue weighted by atomic mass is 10.3. The second-order valence-electron chi connectivity index (χ2n) is 6.01. The number of hydrogen-bond donors (Lipinski definition) is 2. The third kappa shape index (κ3) is 5.35. The Bertz CT molecular complexity index is 901. The summed E-state index contributed by atoms with van der Waals surface area (Å²) in [4.78, 5) is 14.2. The highest BCUT2D eigenvalue weighted by atomic mass is 35.5. The summed E-state index contributed by atoms with van der Waals surface area (Å²) in [6.07, 6.45) is 0.900. The summed E-state index contributed by atoms with van der Waals surface area (Å²) in [5, 5.41) is 12.8. The molecule has 2 heterocycles. The van der Waals surface area contributed by atoms with Crippen LogP contribution < -0.4 is 10.2 Å². The first-order valence-corrected chi connectivity index (χ1v) is 9.75. The normalized spacial score (nSPS) is 12.1. The zero-order valence-electron chi connectivity index (χ0n) is 14.7. The minimum Gasteiger partial charge on any atom is -0.414 e. The smallest absolute Gasteiger partial charge is 0.279 e. The van der Waals surface area contributed by atoms with E-state index in [4.69, 9.17) is 16.0 Å². The van der Waals surface area contributed by atoms with Gasteiger partial charge in [0.15, 0.2) is 13.1 Å². The summed E-state index contributed by atoms with van der Waals surface area (Å²) < 4.78 is 18.9. The van der Waals surface area contributed by atoms with Crippen LogP contribution in [0.15, 0.2) is 40.1 Å². The van der Waals surface area contributed by atoms with Crippen molar-refractivity contribution in [2.45, 2.75) is 19.9 Å². The van der Waals surface area contributed by atoms with Crippen molar-refractivity contribution in [3.63, 3.8) is 0 Å². The molecule has 0 aliphatic rings. The van der Waals surface area contributed by atoms with Crippen LogP contribution in [0, 0.1) is 5.82 Å². The molecule has 27 heavy (non-hydrogen) atoms. The quantitative estimate of drug-likeness (QED) is 0.600. The van der Waals surface area contributed by atoms with Gasteiger partial charge in [-0.2, -0.15) is 0 Å². The van der Waals surface area contributed by atoms with Crippen molar-refractivity contribution < 1.29 is 18.5 Å². The van der Waals surface area contributed by atoms with Gasteiger partial charge in [0.2, 0.25) is 0 Å². The molecule has 1 aromatic carbocycles. The van der Waals surface area contributed by atoms with Gasteiger partial charge in [-0.25, -0.2) is 4.39 Å². The van der Waals surface area contributed by atoms with Crippen molar-refractivity contribution in [2.24, 2.45) is 0 Å². The number of anilines is 1. The Balaban J connectivity index is 1.61. The van der Waals surface area contributed by atoms with Crippen LogP contribution in [0.4, 0.5) is 10.1 Å². The van der Waals surface area contributed by atoms with Gasteiger partial charge in [0, 0.05) is 5.69 Å². The molecule has 3 rings (SSSR count). The van der Waals surface area contributed by atoms with Gasteiger partial charge in [0.1, 0.15) is 5.82 Å². The highest BCUT2D eigenvalue weighted by molar-refractivity contribution is 7.13. The van der Waals surface area contributed by atoms with Crippen LogP contribution in [0.2, 0.25) is 5.02 Å². The van der Waals surface area contributed by atoms with Crippen molar-refractivity contribution >= 4 is 34.5 Å². The number of hydrogen-bond acceptors (Lipinski definition) is 5. The predicted octanol–water partition coefficient (Wildman–Crippen LogP) is 3.02. The van der Waals surface area contributed by atoms with Crippen molar-refractivity contribution in [1.82, 2.24) is 10.2 Å². The molecule has 2 aromatic heterocycles. The standard InChI is InChI=1S/C18H18ClFN4O2S/c1-2-7-24(10-16(25)21-12-5-6-14(20)13(19)9-12)11-17-22-23-18(26-17)15-4-3-8-27-15/h3-6,8-9H,2,7,10-11H2,1H3,(H,21,25)/p+1. The fourth-order valence-electron chi connectivity index (χ4n) is 2.64. The summed E-state index contributed by atoms with van der Waals surface area (Å²) in [6, 6.07) is 7.92. The number of nitrogens with one attached hydrogen (secondary N) is 2. The summed E-state index contributed by atoms with van der Waals surface area (Å²) in [6.45, 7) is 3.49. The summed E-state index contributed by atoms with van der Waals surface area (Å²) in [5.74, 6) is 0.255. The summed E-state index contributed by atoms with van der Waals surface area (Å²) in [5.41, 5.74) is 0.458. The fraction of sp³-hybridized carbons (Fsp3) is 0.278. The SMILES string of the molecule is CCC[NH+](CC(=O)Nc1ccc(F)c(Cl)c1)Cc1nnc(-c2cccs2)o1. The molecule has 0 fully saturated rings. The van der Waals surface area contributed by atoms with Crippen molar-refractivity contribution in [3.8, 4) is 10.8 Å². The van der Waals surface area contributed by atoms with Crippen LogP contribution in [0.3, 0.4) is 0 Å². The van der Waals surface area contributed by atoms with E-state index < -0.39 is 5.82 Å². The molecule has 0 bridgehead atoms.